The van der Waals surface area contributed by atoms with Crippen LogP contribution < -0.4 is 5.32 Å². The number of hydrogen-bond donors (Lipinski definition) is 1. The highest BCUT2D eigenvalue weighted by molar-refractivity contribution is 5.78. The summed E-state index contributed by atoms with van der Waals surface area (Å²) in [6, 6.07) is 3.94. The predicted octanol–water partition coefficient (Wildman–Crippen LogP) is 1.35. The Bertz CT molecular complexity index is 361. The van der Waals surface area contributed by atoms with E-state index in [0.717, 1.165) is 24.3 Å². The van der Waals surface area contributed by atoms with Crippen molar-refractivity contribution in [3.8, 4) is 0 Å². The molecule has 4 nitrogen and oxygen atoms in total. The number of nitrogens with zero attached hydrogens (tertiary/aromatic N) is 2. The third kappa shape index (κ3) is 4.15. The summed E-state index contributed by atoms with van der Waals surface area (Å²) in [6.45, 7) is 8.54. The SMILES string of the molecule is CCN(CC)C(=O)CNCc1ncccc1C. The minimum Gasteiger partial charge on any atom is -0.342 e. The van der Waals surface area contributed by atoms with E-state index in [0.29, 0.717) is 13.1 Å². The first-order chi connectivity index (χ1) is 8.19. The van der Waals surface area contributed by atoms with Gasteiger partial charge in [-0.3, -0.25) is 9.78 Å². The second-order valence-corrected chi connectivity index (χ2v) is 3.94. The highest BCUT2D eigenvalue weighted by Crippen LogP contribution is 2.01. The van der Waals surface area contributed by atoms with Gasteiger partial charge >= 0.3 is 0 Å². The molecule has 0 aliphatic carbocycles. The standard InChI is InChI=1S/C13H21N3O/c1-4-16(5-2)13(17)10-14-9-12-11(3)7-6-8-15-12/h6-8,14H,4-5,9-10H2,1-3H3. The van der Waals surface area contributed by atoms with Gasteiger partial charge in [-0.15, -0.1) is 0 Å². The minimum atomic E-state index is 0.142. The van der Waals surface area contributed by atoms with E-state index in [9.17, 15) is 4.79 Å². The van der Waals surface area contributed by atoms with E-state index in [4.69, 9.17) is 0 Å². The Balaban J connectivity index is 2.38. The van der Waals surface area contributed by atoms with Gasteiger partial charge in [-0.05, 0) is 32.4 Å². The molecular weight excluding hydrogens is 214 g/mol. The van der Waals surface area contributed by atoms with Crippen molar-refractivity contribution in [2.24, 2.45) is 0 Å². The lowest BCUT2D eigenvalue weighted by molar-refractivity contribution is -0.129. The van der Waals surface area contributed by atoms with E-state index >= 15 is 0 Å². The predicted molar refractivity (Wildman–Crippen MR) is 68.6 cm³/mol. The molecule has 0 fully saturated rings. The van der Waals surface area contributed by atoms with Gasteiger partial charge in [-0.1, -0.05) is 6.07 Å². The molecule has 0 aromatic carbocycles. The van der Waals surface area contributed by atoms with Crippen LogP contribution in [0, 0.1) is 6.92 Å². The molecule has 17 heavy (non-hydrogen) atoms. The van der Waals surface area contributed by atoms with Crippen molar-refractivity contribution >= 4 is 5.91 Å². The van der Waals surface area contributed by atoms with Crippen molar-refractivity contribution in [3.05, 3.63) is 29.6 Å². The summed E-state index contributed by atoms with van der Waals surface area (Å²) in [5.41, 5.74) is 2.15. The van der Waals surface area contributed by atoms with Gasteiger partial charge in [-0.25, -0.2) is 0 Å². The maximum absolute atomic E-state index is 11.7. The van der Waals surface area contributed by atoms with Crippen molar-refractivity contribution < 1.29 is 4.79 Å². The van der Waals surface area contributed by atoms with Gasteiger partial charge in [0.15, 0.2) is 0 Å². The van der Waals surface area contributed by atoms with Crippen LogP contribution in [0.1, 0.15) is 25.1 Å². The molecule has 1 N–H and O–H groups in total. The topological polar surface area (TPSA) is 45.2 Å². The molecule has 0 atom stereocenters. The number of carbonyl (C=O) groups excluding carboxylic acids is 1. The molecule has 0 saturated carbocycles. The Hall–Kier alpha value is -1.42. The van der Waals surface area contributed by atoms with Gasteiger partial charge in [0.1, 0.15) is 0 Å². The van der Waals surface area contributed by atoms with Crippen molar-refractivity contribution in [1.29, 1.82) is 0 Å². The number of hydrogen-bond acceptors (Lipinski definition) is 3. The Morgan fingerprint density at radius 3 is 2.71 bits per heavy atom. The monoisotopic (exact) mass is 235 g/mol. The molecule has 1 aromatic rings. The van der Waals surface area contributed by atoms with Crippen LogP contribution in [-0.4, -0.2) is 35.4 Å². The van der Waals surface area contributed by atoms with Crippen molar-refractivity contribution in [2.45, 2.75) is 27.3 Å². The summed E-state index contributed by atoms with van der Waals surface area (Å²) in [5, 5.41) is 3.14. The first-order valence-electron chi connectivity index (χ1n) is 6.08. The third-order valence-corrected chi connectivity index (χ3v) is 2.80. The lowest BCUT2D eigenvalue weighted by Gasteiger charge is -2.18. The highest BCUT2D eigenvalue weighted by atomic mass is 16.2. The third-order valence-electron chi connectivity index (χ3n) is 2.80. The van der Waals surface area contributed by atoms with Crippen LogP contribution in [0.4, 0.5) is 0 Å². The number of likely N-dealkylation sites (N-methyl/N-ethyl adjacent to an activating group) is 1. The molecule has 1 rings (SSSR count). The fraction of sp³-hybridized carbons (Fsp3) is 0.538. The Labute approximate surface area is 103 Å². The molecule has 0 radical (unpaired) electrons. The molecule has 0 spiro atoms. The summed E-state index contributed by atoms with van der Waals surface area (Å²) in [5.74, 6) is 0.142. The van der Waals surface area contributed by atoms with Crippen LogP contribution in [0.25, 0.3) is 0 Å². The Morgan fingerprint density at radius 2 is 2.12 bits per heavy atom. The molecule has 4 heteroatoms. The number of pyridine rings is 1. The largest absolute Gasteiger partial charge is 0.342 e. The maximum atomic E-state index is 11.7. The van der Waals surface area contributed by atoms with E-state index in [1.54, 1.807) is 6.20 Å². The van der Waals surface area contributed by atoms with Gasteiger partial charge in [-0.2, -0.15) is 0 Å². The average molecular weight is 235 g/mol. The van der Waals surface area contributed by atoms with Crippen LogP contribution in [0.2, 0.25) is 0 Å². The first-order valence-corrected chi connectivity index (χ1v) is 6.08. The number of rotatable bonds is 6. The lowest BCUT2D eigenvalue weighted by Crippen LogP contribution is -2.37. The zero-order chi connectivity index (χ0) is 12.7. The lowest BCUT2D eigenvalue weighted by atomic mass is 10.2. The normalized spacial score (nSPS) is 10.3. The van der Waals surface area contributed by atoms with E-state index in [1.807, 2.05) is 37.8 Å². The number of aryl methyl sites for hydroxylation is 1. The van der Waals surface area contributed by atoms with E-state index in [2.05, 4.69) is 10.3 Å². The smallest absolute Gasteiger partial charge is 0.236 e. The highest BCUT2D eigenvalue weighted by Gasteiger charge is 2.08. The zero-order valence-electron chi connectivity index (χ0n) is 10.9. The minimum absolute atomic E-state index is 0.142. The van der Waals surface area contributed by atoms with Crippen molar-refractivity contribution in [1.82, 2.24) is 15.2 Å². The van der Waals surface area contributed by atoms with Crippen molar-refractivity contribution in [2.75, 3.05) is 19.6 Å². The summed E-state index contributed by atoms with van der Waals surface area (Å²) >= 11 is 0. The van der Waals surface area contributed by atoms with E-state index in [-0.39, 0.29) is 5.91 Å². The fourth-order valence-corrected chi connectivity index (χ4v) is 1.68. The molecular formula is C13H21N3O. The molecule has 1 aromatic heterocycles. The molecule has 0 saturated heterocycles. The van der Waals surface area contributed by atoms with Crippen LogP contribution in [0.15, 0.2) is 18.3 Å². The Kier molecular flexibility index (Phi) is 5.63. The Morgan fingerprint density at radius 1 is 1.41 bits per heavy atom. The van der Waals surface area contributed by atoms with Crippen LogP contribution in [-0.2, 0) is 11.3 Å². The van der Waals surface area contributed by atoms with Gasteiger partial charge in [0.05, 0.1) is 12.2 Å². The molecule has 0 bridgehead atoms. The van der Waals surface area contributed by atoms with E-state index in [1.165, 1.54) is 0 Å². The number of carbonyl (C=O) groups is 1. The van der Waals surface area contributed by atoms with E-state index < -0.39 is 0 Å². The molecule has 0 aliphatic rings. The van der Waals surface area contributed by atoms with Gasteiger partial charge < -0.3 is 10.2 Å². The fourth-order valence-electron chi connectivity index (χ4n) is 1.68. The van der Waals surface area contributed by atoms with Gasteiger partial charge in [0.2, 0.25) is 5.91 Å². The summed E-state index contributed by atoms with van der Waals surface area (Å²) < 4.78 is 0. The number of amides is 1. The van der Waals surface area contributed by atoms with Crippen LogP contribution in [0.3, 0.4) is 0 Å². The summed E-state index contributed by atoms with van der Waals surface area (Å²) in [7, 11) is 0. The van der Waals surface area contributed by atoms with Gasteiger partial charge in [0, 0.05) is 25.8 Å². The zero-order valence-corrected chi connectivity index (χ0v) is 10.9. The number of aromatic nitrogens is 1. The van der Waals surface area contributed by atoms with Crippen LogP contribution in [0.5, 0.6) is 0 Å². The maximum Gasteiger partial charge on any atom is 0.236 e. The molecule has 1 heterocycles. The van der Waals surface area contributed by atoms with Gasteiger partial charge in [0.25, 0.3) is 0 Å². The summed E-state index contributed by atoms with van der Waals surface area (Å²) in [6.07, 6.45) is 1.77. The quantitative estimate of drug-likeness (QED) is 0.809. The second kappa shape index (κ2) is 7.01. The van der Waals surface area contributed by atoms with Crippen LogP contribution >= 0.6 is 0 Å². The number of nitrogens with one attached hydrogen (secondary N) is 1. The second-order valence-electron chi connectivity index (χ2n) is 3.94. The summed E-state index contributed by atoms with van der Waals surface area (Å²) in [4.78, 5) is 17.8. The van der Waals surface area contributed by atoms with Crippen molar-refractivity contribution in [3.63, 3.8) is 0 Å². The molecule has 0 unspecified atom stereocenters. The molecule has 0 aliphatic heterocycles. The molecule has 1 amide bonds. The average Bonchev–Trinajstić information content (AvgIpc) is 2.33. The molecule has 94 valence electrons. The first kappa shape index (κ1) is 13.6.